The summed E-state index contributed by atoms with van der Waals surface area (Å²) in [6.07, 6.45) is 0. The number of halogens is 2. The molecule has 8 heteroatoms. The smallest absolute Gasteiger partial charge is 0.265 e. The van der Waals surface area contributed by atoms with Crippen molar-refractivity contribution < 1.29 is 14.0 Å². The first-order valence-electron chi connectivity index (χ1n) is 9.09. The van der Waals surface area contributed by atoms with Crippen LogP contribution in [0.4, 0.5) is 4.39 Å². The van der Waals surface area contributed by atoms with Gasteiger partial charge in [0, 0.05) is 31.6 Å². The van der Waals surface area contributed by atoms with Gasteiger partial charge in [0.25, 0.3) is 11.8 Å². The number of rotatable bonds is 2. The molecule has 0 unspecified atom stereocenters. The highest BCUT2D eigenvalue weighted by Gasteiger charge is 2.30. The maximum atomic E-state index is 13.2. The Balaban J connectivity index is 1.67. The highest BCUT2D eigenvalue weighted by Crippen LogP contribution is 2.30. The van der Waals surface area contributed by atoms with Crippen LogP contribution in [-0.4, -0.2) is 52.8 Å². The third-order valence-electron chi connectivity index (χ3n) is 4.65. The van der Waals surface area contributed by atoms with E-state index in [1.807, 2.05) is 6.92 Å². The Bertz CT molecular complexity index is 915. The molecule has 1 fully saturated rings. The monoisotopic (exact) mass is 423 g/mol. The molecule has 5 nitrogen and oxygen atoms in total. The van der Waals surface area contributed by atoms with Crippen LogP contribution in [0.1, 0.15) is 51.5 Å². The molecular formula is C20H23ClFN3O2S. The van der Waals surface area contributed by atoms with Crippen molar-refractivity contribution in [1.29, 1.82) is 0 Å². The molecule has 2 heterocycles. The first kappa shape index (κ1) is 20.7. The number of aromatic nitrogens is 1. The summed E-state index contributed by atoms with van der Waals surface area (Å²) in [7, 11) is 0. The second-order valence-corrected chi connectivity index (χ2v) is 9.30. The fourth-order valence-electron chi connectivity index (χ4n) is 3.01. The Kier molecular flexibility index (Phi) is 5.77. The molecule has 28 heavy (non-hydrogen) atoms. The lowest BCUT2D eigenvalue weighted by Gasteiger charge is -2.34. The molecule has 0 spiro atoms. The van der Waals surface area contributed by atoms with E-state index in [4.69, 9.17) is 11.6 Å². The molecule has 0 aliphatic carbocycles. The van der Waals surface area contributed by atoms with Crippen LogP contribution < -0.4 is 0 Å². The van der Waals surface area contributed by atoms with Gasteiger partial charge in [0.1, 0.15) is 10.7 Å². The summed E-state index contributed by atoms with van der Waals surface area (Å²) >= 11 is 7.44. The van der Waals surface area contributed by atoms with Crippen LogP contribution in [0.5, 0.6) is 0 Å². The first-order chi connectivity index (χ1) is 13.1. The topological polar surface area (TPSA) is 53.5 Å². The van der Waals surface area contributed by atoms with Gasteiger partial charge in [-0.25, -0.2) is 9.37 Å². The van der Waals surface area contributed by atoms with Crippen LogP contribution >= 0.6 is 22.9 Å². The van der Waals surface area contributed by atoms with Crippen molar-refractivity contribution in [3.8, 4) is 0 Å². The predicted octanol–water partition coefficient (Wildman–Crippen LogP) is 4.14. The number of hydrogen-bond donors (Lipinski definition) is 0. The minimum Gasteiger partial charge on any atom is -0.335 e. The van der Waals surface area contributed by atoms with E-state index < -0.39 is 5.82 Å². The molecule has 2 aromatic rings. The van der Waals surface area contributed by atoms with Gasteiger partial charge in [-0.2, -0.15) is 0 Å². The summed E-state index contributed by atoms with van der Waals surface area (Å²) in [6.45, 7) is 9.76. The SMILES string of the molecule is Cc1nc(C(C)(C)C)sc1C(=O)N1CCN(C(=O)c2ccc(F)cc2Cl)CC1. The molecule has 0 N–H and O–H groups in total. The van der Waals surface area contributed by atoms with Gasteiger partial charge in [0.05, 0.1) is 21.3 Å². The number of benzene rings is 1. The van der Waals surface area contributed by atoms with Crippen molar-refractivity contribution >= 4 is 34.8 Å². The average Bonchev–Trinajstić information content (AvgIpc) is 3.03. The fourth-order valence-corrected chi connectivity index (χ4v) is 4.35. The Labute approximate surface area is 173 Å². The summed E-state index contributed by atoms with van der Waals surface area (Å²) in [5.74, 6) is -0.773. The van der Waals surface area contributed by atoms with Gasteiger partial charge >= 0.3 is 0 Å². The van der Waals surface area contributed by atoms with Crippen molar-refractivity contribution in [3.05, 3.63) is 50.2 Å². The number of carbonyl (C=O) groups is 2. The minimum atomic E-state index is -0.480. The normalized spacial score (nSPS) is 15.1. The number of thiazole rings is 1. The summed E-state index contributed by atoms with van der Waals surface area (Å²) in [6, 6.07) is 3.75. The largest absolute Gasteiger partial charge is 0.335 e. The van der Waals surface area contributed by atoms with Crippen LogP contribution in [0.25, 0.3) is 0 Å². The van der Waals surface area contributed by atoms with Crippen molar-refractivity contribution in [2.45, 2.75) is 33.1 Å². The zero-order valence-electron chi connectivity index (χ0n) is 16.4. The zero-order valence-corrected chi connectivity index (χ0v) is 18.0. The highest BCUT2D eigenvalue weighted by atomic mass is 35.5. The number of aryl methyl sites for hydroxylation is 1. The van der Waals surface area contributed by atoms with E-state index in [0.717, 1.165) is 16.8 Å². The summed E-state index contributed by atoms with van der Waals surface area (Å²) in [4.78, 5) is 34.2. The van der Waals surface area contributed by atoms with E-state index in [1.54, 1.807) is 9.80 Å². The molecule has 1 aliphatic heterocycles. The fraction of sp³-hybridized carbons (Fsp3) is 0.450. The van der Waals surface area contributed by atoms with E-state index >= 15 is 0 Å². The van der Waals surface area contributed by atoms with E-state index in [2.05, 4.69) is 25.8 Å². The van der Waals surface area contributed by atoms with Crippen LogP contribution in [-0.2, 0) is 5.41 Å². The number of hydrogen-bond acceptors (Lipinski definition) is 4. The van der Waals surface area contributed by atoms with Gasteiger partial charge in [0.2, 0.25) is 0 Å². The molecule has 0 atom stereocenters. The van der Waals surface area contributed by atoms with Crippen LogP contribution in [0, 0.1) is 12.7 Å². The standard InChI is InChI=1S/C20H23ClFN3O2S/c1-12-16(28-19(23-12)20(2,3)4)18(27)25-9-7-24(8-10-25)17(26)14-6-5-13(22)11-15(14)21/h5-6,11H,7-10H2,1-4H3. The van der Waals surface area contributed by atoms with Gasteiger partial charge in [-0.15, -0.1) is 11.3 Å². The Morgan fingerprint density at radius 2 is 1.68 bits per heavy atom. The lowest BCUT2D eigenvalue weighted by atomic mass is 9.98. The average molecular weight is 424 g/mol. The van der Waals surface area contributed by atoms with Gasteiger partial charge < -0.3 is 9.80 Å². The number of amides is 2. The molecule has 150 valence electrons. The first-order valence-corrected chi connectivity index (χ1v) is 10.3. The molecule has 1 aromatic carbocycles. The third kappa shape index (κ3) is 4.20. The molecule has 1 saturated heterocycles. The molecule has 1 aromatic heterocycles. The van der Waals surface area contributed by atoms with Crippen LogP contribution in [0.2, 0.25) is 5.02 Å². The van der Waals surface area contributed by atoms with E-state index in [9.17, 15) is 14.0 Å². The Hall–Kier alpha value is -1.99. The Morgan fingerprint density at radius 3 is 2.18 bits per heavy atom. The molecule has 0 saturated carbocycles. The summed E-state index contributed by atoms with van der Waals surface area (Å²) in [5.41, 5.74) is 0.917. The number of nitrogens with zero attached hydrogens (tertiary/aromatic N) is 3. The summed E-state index contributed by atoms with van der Waals surface area (Å²) < 4.78 is 13.2. The lowest BCUT2D eigenvalue weighted by Crippen LogP contribution is -2.50. The van der Waals surface area contributed by atoms with Crippen molar-refractivity contribution in [1.82, 2.24) is 14.8 Å². The molecule has 0 radical (unpaired) electrons. The molecule has 1 aliphatic rings. The van der Waals surface area contributed by atoms with E-state index in [0.29, 0.717) is 31.1 Å². The third-order valence-corrected chi connectivity index (χ3v) is 6.53. The van der Waals surface area contributed by atoms with Crippen molar-refractivity contribution in [2.75, 3.05) is 26.2 Å². The van der Waals surface area contributed by atoms with Crippen LogP contribution in [0.15, 0.2) is 18.2 Å². The maximum Gasteiger partial charge on any atom is 0.265 e. The van der Waals surface area contributed by atoms with Gasteiger partial charge in [-0.3, -0.25) is 9.59 Å². The lowest BCUT2D eigenvalue weighted by molar-refractivity contribution is 0.0537. The van der Waals surface area contributed by atoms with Crippen molar-refractivity contribution in [2.24, 2.45) is 0 Å². The molecule has 2 amide bonds. The Morgan fingerprint density at radius 1 is 1.11 bits per heavy atom. The van der Waals surface area contributed by atoms with E-state index in [-0.39, 0.29) is 27.8 Å². The molecular weight excluding hydrogens is 401 g/mol. The van der Waals surface area contributed by atoms with Crippen LogP contribution in [0.3, 0.4) is 0 Å². The number of piperazine rings is 1. The van der Waals surface area contributed by atoms with Gasteiger partial charge in [0.15, 0.2) is 0 Å². The van der Waals surface area contributed by atoms with Gasteiger partial charge in [-0.05, 0) is 25.1 Å². The predicted molar refractivity (Wildman–Crippen MR) is 109 cm³/mol. The minimum absolute atomic E-state index is 0.0441. The second kappa shape index (κ2) is 7.79. The van der Waals surface area contributed by atoms with Gasteiger partial charge in [-0.1, -0.05) is 32.4 Å². The second-order valence-electron chi connectivity index (χ2n) is 7.89. The zero-order chi connectivity index (χ0) is 20.6. The molecule has 3 rings (SSSR count). The maximum absolute atomic E-state index is 13.2. The highest BCUT2D eigenvalue weighted by molar-refractivity contribution is 7.14. The van der Waals surface area contributed by atoms with Crippen molar-refractivity contribution in [3.63, 3.8) is 0 Å². The molecule has 0 bridgehead atoms. The summed E-state index contributed by atoms with van der Waals surface area (Å²) in [5, 5.41) is 1.03. The van der Waals surface area contributed by atoms with E-state index in [1.165, 1.54) is 23.5 Å². The quantitative estimate of drug-likeness (QED) is 0.729. The number of carbonyl (C=O) groups excluding carboxylic acids is 2.